The second kappa shape index (κ2) is 4.84. The van der Waals surface area contributed by atoms with E-state index in [9.17, 15) is 0 Å². The summed E-state index contributed by atoms with van der Waals surface area (Å²) in [5, 5.41) is 1.27. The van der Waals surface area contributed by atoms with Crippen LogP contribution in [0.25, 0.3) is 5.69 Å². The molecule has 5 heteroatoms. The number of hydrogen-bond acceptors (Lipinski definition) is 1. The highest BCUT2D eigenvalue weighted by molar-refractivity contribution is 7.71. The molecule has 0 aliphatic heterocycles. The van der Waals surface area contributed by atoms with Gasteiger partial charge in [0.25, 0.3) is 0 Å². The van der Waals surface area contributed by atoms with Crippen molar-refractivity contribution in [2.45, 2.75) is 19.8 Å². The first-order valence-corrected chi connectivity index (χ1v) is 6.43. The third-order valence-corrected chi connectivity index (χ3v) is 3.40. The van der Waals surface area contributed by atoms with E-state index in [1.807, 2.05) is 16.8 Å². The van der Waals surface area contributed by atoms with Crippen molar-refractivity contribution in [3.63, 3.8) is 0 Å². The number of nitrogens with one attached hydrogen (secondary N) is 1. The molecule has 2 aromatic rings. The van der Waals surface area contributed by atoms with E-state index in [1.54, 1.807) is 12.1 Å². The fraction of sp³-hybridized carbons (Fsp3) is 0.250. The van der Waals surface area contributed by atoms with E-state index in [0.29, 0.717) is 20.7 Å². The van der Waals surface area contributed by atoms with Crippen molar-refractivity contribution in [3.8, 4) is 5.69 Å². The van der Waals surface area contributed by atoms with Crippen LogP contribution < -0.4 is 0 Å². The second-order valence-corrected chi connectivity index (χ2v) is 5.33. The average Bonchev–Trinajstić information content (AvgIpc) is 2.64. The van der Waals surface area contributed by atoms with Crippen LogP contribution in [-0.4, -0.2) is 9.55 Å². The van der Waals surface area contributed by atoms with Gasteiger partial charge in [0.15, 0.2) is 4.77 Å². The van der Waals surface area contributed by atoms with Crippen molar-refractivity contribution < 1.29 is 0 Å². The molecule has 1 heterocycles. The van der Waals surface area contributed by atoms with Gasteiger partial charge in [-0.3, -0.25) is 4.57 Å². The maximum Gasteiger partial charge on any atom is 0.182 e. The number of benzene rings is 1. The molecule has 0 radical (unpaired) electrons. The van der Waals surface area contributed by atoms with Crippen LogP contribution in [0.5, 0.6) is 0 Å². The molecule has 0 aliphatic carbocycles. The van der Waals surface area contributed by atoms with Crippen molar-refractivity contribution in [1.82, 2.24) is 9.55 Å². The lowest BCUT2D eigenvalue weighted by molar-refractivity contribution is 0.783. The van der Waals surface area contributed by atoms with Crippen LogP contribution in [-0.2, 0) is 0 Å². The zero-order valence-corrected chi connectivity index (χ0v) is 11.8. The number of rotatable bonds is 2. The molecule has 0 amide bonds. The molecule has 17 heavy (non-hydrogen) atoms. The molecular formula is C12H12Cl2N2S. The summed E-state index contributed by atoms with van der Waals surface area (Å²) < 4.78 is 2.55. The molecule has 0 atom stereocenters. The minimum atomic E-state index is 0.345. The number of H-pyrrole nitrogens is 1. The Hall–Kier alpha value is -0.770. The molecule has 1 aromatic heterocycles. The van der Waals surface area contributed by atoms with Crippen molar-refractivity contribution in [1.29, 1.82) is 0 Å². The topological polar surface area (TPSA) is 20.7 Å². The molecular weight excluding hydrogens is 275 g/mol. The Morgan fingerprint density at radius 2 is 2.00 bits per heavy atom. The van der Waals surface area contributed by atoms with E-state index < -0.39 is 0 Å². The van der Waals surface area contributed by atoms with Crippen LogP contribution in [0.1, 0.15) is 25.5 Å². The quantitative estimate of drug-likeness (QED) is 0.774. The lowest BCUT2D eigenvalue weighted by Gasteiger charge is -2.12. The van der Waals surface area contributed by atoms with Crippen LogP contribution >= 0.6 is 35.4 Å². The minimum Gasteiger partial charge on any atom is -0.337 e. The molecule has 0 bridgehead atoms. The first kappa shape index (κ1) is 12.7. The number of halogens is 2. The summed E-state index contributed by atoms with van der Waals surface area (Å²) in [6, 6.07) is 5.36. The largest absolute Gasteiger partial charge is 0.337 e. The lowest BCUT2D eigenvalue weighted by atomic mass is 10.1. The minimum absolute atomic E-state index is 0.345. The third-order valence-electron chi connectivity index (χ3n) is 2.55. The smallest absolute Gasteiger partial charge is 0.182 e. The highest BCUT2D eigenvalue weighted by atomic mass is 35.5. The Morgan fingerprint density at radius 1 is 1.29 bits per heavy atom. The van der Waals surface area contributed by atoms with Crippen molar-refractivity contribution in [3.05, 3.63) is 44.9 Å². The molecule has 1 aromatic carbocycles. The van der Waals surface area contributed by atoms with E-state index in [2.05, 4.69) is 18.8 Å². The van der Waals surface area contributed by atoms with Crippen molar-refractivity contribution >= 4 is 35.4 Å². The predicted octanol–water partition coefficient (Wildman–Crippen LogP) is 4.97. The first-order valence-electron chi connectivity index (χ1n) is 5.26. The van der Waals surface area contributed by atoms with Gasteiger partial charge in [0.1, 0.15) is 0 Å². The molecule has 0 saturated carbocycles. The summed E-state index contributed by atoms with van der Waals surface area (Å²) in [6.07, 6.45) is 1.91. The fourth-order valence-corrected chi connectivity index (χ4v) is 2.34. The summed E-state index contributed by atoms with van der Waals surface area (Å²) >= 11 is 17.5. The monoisotopic (exact) mass is 286 g/mol. The summed E-state index contributed by atoms with van der Waals surface area (Å²) in [5.41, 5.74) is 1.90. The molecule has 0 aliphatic rings. The van der Waals surface area contributed by atoms with Gasteiger partial charge in [-0.25, -0.2) is 0 Å². The summed E-state index contributed by atoms with van der Waals surface area (Å²) in [7, 11) is 0. The number of hydrogen-bond donors (Lipinski definition) is 1. The Kier molecular flexibility index (Phi) is 3.61. The molecule has 2 nitrogen and oxygen atoms in total. The van der Waals surface area contributed by atoms with E-state index in [0.717, 1.165) is 11.4 Å². The molecule has 1 N–H and O–H groups in total. The van der Waals surface area contributed by atoms with Gasteiger partial charge in [0.05, 0.1) is 10.7 Å². The molecule has 0 fully saturated rings. The van der Waals surface area contributed by atoms with Gasteiger partial charge in [0, 0.05) is 16.9 Å². The van der Waals surface area contributed by atoms with E-state index in [-0.39, 0.29) is 0 Å². The van der Waals surface area contributed by atoms with E-state index in [4.69, 9.17) is 35.4 Å². The van der Waals surface area contributed by atoms with Crippen LogP contribution in [0.3, 0.4) is 0 Å². The standard InChI is InChI=1S/C12H12Cl2N2S/c1-7(2)11-6-15-12(17)16(11)10-5-8(13)3-4-9(10)14/h3-7H,1-2H3,(H,15,17). The maximum atomic E-state index is 6.20. The average molecular weight is 287 g/mol. The van der Waals surface area contributed by atoms with Crippen molar-refractivity contribution in [2.75, 3.05) is 0 Å². The van der Waals surface area contributed by atoms with E-state index >= 15 is 0 Å². The molecule has 0 saturated heterocycles. The highest BCUT2D eigenvalue weighted by Crippen LogP contribution is 2.28. The Bertz CT molecular complexity index is 599. The van der Waals surface area contributed by atoms with Gasteiger partial charge in [0.2, 0.25) is 0 Å². The van der Waals surface area contributed by atoms with E-state index in [1.165, 1.54) is 0 Å². The fourth-order valence-electron chi connectivity index (χ4n) is 1.71. The SMILES string of the molecule is CC(C)c1c[nH]c(=S)n1-c1cc(Cl)ccc1Cl. The van der Waals surface area contributed by atoms with Crippen LogP contribution in [0.2, 0.25) is 10.0 Å². The number of nitrogens with zero attached hydrogens (tertiary/aromatic N) is 1. The van der Waals surface area contributed by atoms with Gasteiger partial charge < -0.3 is 4.98 Å². The Morgan fingerprint density at radius 3 is 2.65 bits per heavy atom. The van der Waals surface area contributed by atoms with Gasteiger partial charge in [-0.1, -0.05) is 37.0 Å². The highest BCUT2D eigenvalue weighted by Gasteiger charge is 2.12. The van der Waals surface area contributed by atoms with Crippen LogP contribution in [0.15, 0.2) is 24.4 Å². The van der Waals surface area contributed by atoms with Gasteiger partial charge >= 0.3 is 0 Å². The van der Waals surface area contributed by atoms with Gasteiger partial charge in [-0.2, -0.15) is 0 Å². The zero-order chi connectivity index (χ0) is 12.6. The molecule has 0 spiro atoms. The second-order valence-electron chi connectivity index (χ2n) is 4.10. The Labute approximate surface area is 115 Å². The third kappa shape index (κ3) is 2.41. The number of aromatic nitrogens is 2. The predicted molar refractivity (Wildman–Crippen MR) is 75.1 cm³/mol. The van der Waals surface area contributed by atoms with Gasteiger partial charge in [-0.05, 0) is 36.3 Å². The summed E-state index contributed by atoms with van der Waals surface area (Å²) in [4.78, 5) is 3.04. The van der Waals surface area contributed by atoms with Gasteiger partial charge in [-0.15, -0.1) is 0 Å². The van der Waals surface area contributed by atoms with Crippen LogP contribution in [0.4, 0.5) is 0 Å². The lowest BCUT2D eigenvalue weighted by Crippen LogP contribution is -2.02. The molecule has 0 unspecified atom stereocenters. The molecule has 90 valence electrons. The number of imidazole rings is 1. The normalized spacial score (nSPS) is 11.1. The Balaban J connectivity index is 2.72. The summed E-state index contributed by atoms with van der Waals surface area (Å²) in [6.45, 7) is 4.21. The molecule has 2 rings (SSSR count). The zero-order valence-electron chi connectivity index (χ0n) is 9.50. The van der Waals surface area contributed by atoms with Crippen LogP contribution in [0, 0.1) is 4.77 Å². The first-order chi connectivity index (χ1) is 8.00. The maximum absolute atomic E-state index is 6.20. The van der Waals surface area contributed by atoms with Crippen molar-refractivity contribution in [2.24, 2.45) is 0 Å². The summed E-state index contributed by atoms with van der Waals surface area (Å²) in [5.74, 6) is 0.345. The number of aromatic amines is 1.